The van der Waals surface area contributed by atoms with E-state index < -0.39 is 0 Å². The van der Waals surface area contributed by atoms with Gasteiger partial charge < -0.3 is 0 Å². The molecule has 0 aromatic carbocycles. The number of hydrogen-bond acceptors (Lipinski definition) is 7. The first-order valence-electron chi connectivity index (χ1n) is 9.79. The van der Waals surface area contributed by atoms with E-state index in [1.54, 1.807) is 32.9 Å². The van der Waals surface area contributed by atoms with Crippen LogP contribution in [-0.4, -0.2) is 21.7 Å². The van der Waals surface area contributed by atoms with Crippen LogP contribution in [0.3, 0.4) is 0 Å². The van der Waals surface area contributed by atoms with Crippen LogP contribution >= 0.6 is 68.0 Å². The Morgan fingerprint density at radius 2 is 1.00 bits per heavy atom. The molecule has 0 amide bonds. The van der Waals surface area contributed by atoms with Crippen LogP contribution in [0.4, 0.5) is 0 Å². The molecule has 0 aliphatic carbocycles. The molecule has 1 heterocycles. The number of unbranched alkanes of at least 4 members (excludes halogenated alkanes) is 10. The van der Waals surface area contributed by atoms with Crippen molar-refractivity contribution in [1.29, 1.82) is 0 Å². The fourth-order valence-corrected chi connectivity index (χ4v) is 8.20. The van der Waals surface area contributed by atoms with Crippen molar-refractivity contribution >= 4 is 68.0 Å². The molecule has 0 fully saturated rings. The lowest BCUT2D eigenvalue weighted by Crippen LogP contribution is -1.80. The number of hydrogen-bond donors (Lipinski definition) is 0. The van der Waals surface area contributed by atoms with E-state index in [1.807, 2.05) is 21.6 Å². The number of nitrogens with zero attached hydrogens (tertiary/aromatic N) is 2. The Balaban J connectivity index is 0.00000625. The summed E-state index contributed by atoms with van der Waals surface area (Å²) in [6, 6.07) is 0. The normalized spacial score (nSPS) is 10.8. The van der Waals surface area contributed by atoms with Crippen molar-refractivity contribution in [2.24, 2.45) is 0 Å². The summed E-state index contributed by atoms with van der Waals surface area (Å²) in [5.74, 6) is 2.46. The molecule has 0 N–H and O–H groups in total. The number of aromatic nitrogens is 2. The Kier molecular flexibility index (Phi) is 22.1. The van der Waals surface area contributed by atoms with Gasteiger partial charge in [-0.3, -0.25) is 0 Å². The van der Waals surface area contributed by atoms with Crippen LogP contribution in [0, 0.1) is 0 Å². The summed E-state index contributed by atoms with van der Waals surface area (Å²) in [6.07, 6.45) is 16.5. The molecule has 0 radical (unpaired) electrons. The van der Waals surface area contributed by atoms with Gasteiger partial charge in [0.2, 0.25) is 0 Å². The molecular formula is C18H36N2S6. The molecule has 0 saturated heterocycles. The molecule has 8 heteroatoms. The van der Waals surface area contributed by atoms with Gasteiger partial charge >= 0.3 is 0 Å². The smallest absolute Gasteiger partial charge is 0.185 e. The molecule has 1 rings (SSSR count). The summed E-state index contributed by atoms with van der Waals surface area (Å²) in [6.45, 7) is 4.54. The molecule has 0 unspecified atom stereocenters. The highest BCUT2D eigenvalue weighted by molar-refractivity contribution is 8.77. The van der Waals surface area contributed by atoms with Gasteiger partial charge in [-0.05, 0) is 34.4 Å². The van der Waals surface area contributed by atoms with Crippen molar-refractivity contribution < 1.29 is 0 Å². The minimum absolute atomic E-state index is 0. The minimum atomic E-state index is 0. The van der Waals surface area contributed by atoms with Crippen LogP contribution in [0.25, 0.3) is 0 Å². The van der Waals surface area contributed by atoms with Crippen molar-refractivity contribution in [2.75, 3.05) is 11.5 Å². The summed E-state index contributed by atoms with van der Waals surface area (Å²) < 4.78 is 2.22. The monoisotopic (exact) mass is 472 g/mol. The van der Waals surface area contributed by atoms with Gasteiger partial charge in [-0.15, -0.1) is 10.2 Å². The second-order valence-electron chi connectivity index (χ2n) is 6.18. The van der Waals surface area contributed by atoms with E-state index in [4.69, 9.17) is 0 Å². The van der Waals surface area contributed by atoms with E-state index in [1.165, 1.54) is 88.6 Å². The molecule has 0 spiro atoms. The van der Waals surface area contributed by atoms with Gasteiger partial charge in [-0.1, -0.05) is 111 Å². The van der Waals surface area contributed by atoms with Gasteiger partial charge in [-0.2, -0.15) is 13.5 Å². The molecule has 1 aromatic heterocycles. The highest BCUT2D eigenvalue weighted by Gasteiger charge is 2.06. The summed E-state index contributed by atoms with van der Waals surface area (Å²) in [7, 11) is 7.47. The minimum Gasteiger partial charge on any atom is -0.197 e. The summed E-state index contributed by atoms with van der Waals surface area (Å²) >= 11 is 1.74. The molecule has 154 valence electrons. The lowest BCUT2D eigenvalue weighted by atomic mass is 10.1. The van der Waals surface area contributed by atoms with Gasteiger partial charge in [0.15, 0.2) is 8.68 Å². The Hall–Kier alpha value is 1.31. The zero-order chi connectivity index (χ0) is 18.0. The maximum Gasteiger partial charge on any atom is 0.185 e. The van der Waals surface area contributed by atoms with E-state index in [0.29, 0.717) is 0 Å². The lowest BCUT2D eigenvalue weighted by molar-refractivity contribution is 0.627. The average molecular weight is 473 g/mol. The van der Waals surface area contributed by atoms with Crippen LogP contribution < -0.4 is 0 Å². The van der Waals surface area contributed by atoms with Gasteiger partial charge in [0.1, 0.15) is 0 Å². The second kappa shape index (κ2) is 21.0. The molecule has 0 saturated carbocycles. The topological polar surface area (TPSA) is 25.8 Å². The first-order valence-corrected chi connectivity index (χ1v) is 15.2. The molecule has 2 nitrogen and oxygen atoms in total. The van der Waals surface area contributed by atoms with Crippen LogP contribution in [0.5, 0.6) is 0 Å². The SMILES string of the molecule is CCCCCCCCSSc1nnc(SSCCCCCCCC)s1.S. The average Bonchev–Trinajstić information content (AvgIpc) is 3.07. The molecule has 0 aliphatic rings. The first kappa shape index (κ1) is 27.3. The molecule has 0 bridgehead atoms. The predicted molar refractivity (Wildman–Crippen MR) is 134 cm³/mol. The van der Waals surface area contributed by atoms with Crippen LogP contribution in [0.1, 0.15) is 90.9 Å². The zero-order valence-corrected chi connectivity index (χ0v) is 21.4. The second-order valence-corrected chi connectivity index (χ2v) is 12.5. The zero-order valence-electron chi connectivity index (χ0n) is 16.3. The van der Waals surface area contributed by atoms with E-state index in [9.17, 15) is 0 Å². The third-order valence-corrected chi connectivity index (χ3v) is 10.2. The van der Waals surface area contributed by atoms with E-state index in [2.05, 4.69) is 24.0 Å². The van der Waals surface area contributed by atoms with Crippen molar-refractivity contribution in [3.8, 4) is 0 Å². The number of rotatable bonds is 18. The van der Waals surface area contributed by atoms with Crippen LogP contribution in [0.2, 0.25) is 0 Å². The molecule has 26 heavy (non-hydrogen) atoms. The Morgan fingerprint density at radius 3 is 1.42 bits per heavy atom. The van der Waals surface area contributed by atoms with E-state index in [-0.39, 0.29) is 13.5 Å². The van der Waals surface area contributed by atoms with Gasteiger partial charge in [0.05, 0.1) is 0 Å². The van der Waals surface area contributed by atoms with E-state index in [0.717, 1.165) is 8.68 Å². The highest BCUT2D eigenvalue weighted by Crippen LogP contribution is 2.39. The predicted octanol–water partition coefficient (Wildman–Crippen LogP) is 8.85. The highest BCUT2D eigenvalue weighted by atomic mass is 33.1. The lowest BCUT2D eigenvalue weighted by Gasteiger charge is -1.99. The quantitative estimate of drug-likeness (QED) is 0.156. The third kappa shape index (κ3) is 16.3. The Labute approximate surface area is 188 Å². The van der Waals surface area contributed by atoms with Crippen molar-refractivity contribution in [3.05, 3.63) is 0 Å². The van der Waals surface area contributed by atoms with Gasteiger partial charge in [0, 0.05) is 11.5 Å². The molecular weight excluding hydrogens is 437 g/mol. The largest absolute Gasteiger partial charge is 0.197 e. The molecule has 0 aliphatic heterocycles. The molecule has 0 atom stereocenters. The summed E-state index contributed by atoms with van der Waals surface area (Å²) in [5.41, 5.74) is 0. The maximum atomic E-state index is 4.30. The van der Waals surface area contributed by atoms with Crippen LogP contribution in [0.15, 0.2) is 8.68 Å². The first-order chi connectivity index (χ1) is 12.4. The summed E-state index contributed by atoms with van der Waals surface area (Å²) in [4.78, 5) is 0. The Morgan fingerprint density at radius 1 is 0.615 bits per heavy atom. The van der Waals surface area contributed by atoms with Crippen molar-refractivity contribution in [3.63, 3.8) is 0 Å². The van der Waals surface area contributed by atoms with Gasteiger partial charge in [-0.25, -0.2) is 0 Å². The maximum absolute atomic E-state index is 4.30. The molecule has 1 aromatic rings. The third-order valence-electron chi connectivity index (χ3n) is 3.81. The van der Waals surface area contributed by atoms with Crippen molar-refractivity contribution in [1.82, 2.24) is 10.2 Å². The fourth-order valence-electron chi connectivity index (χ4n) is 2.33. The summed E-state index contributed by atoms with van der Waals surface area (Å²) in [5, 5.41) is 8.60. The Bertz CT molecular complexity index is 368. The van der Waals surface area contributed by atoms with Gasteiger partial charge in [0.25, 0.3) is 0 Å². The van der Waals surface area contributed by atoms with Crippen molar-refractivity contribution in [2.45, 2.75) is 99.6 Å². The van der Waals surface area contributed by atoms with Crippen LogP contribution in [-0.2, 0) is 0 Å². The fraction of sp³-hybridized carbons (Fsp3) is 0.889. The standard InChI is InChI=1S/C18H34N2S5.H2S/c1-3-5-7-9-11-13-15-21-24-17-19-20-18(23-17)25-22-16-14-12-10-8-6-4-2;/h3-16H2,1-2H3;1H2. The van der Waals surface area contributed by atoms with E-state index >= 15 is 0 Å².